The molecule has 0 radical (unpaired) electrons. The van der Waals surface area contributed by atoms with Crippen molar-refractivity contribution >= 4 is 5.69 Å². The molecule has 18 heavy (non-hydrogen) atoms. The summed E-state index contributed by atoms with van der Waals surface area (Å²) in [6.07, 6.45) is 0. The molecule has 5 nitrogen and oxygen atoms in total. The van der Waals surface area contributed by atoms with E-state index >= 15 is 0 Å². The van der Waals surface area contributed by atoms with Crippen LogP contribution in [0.5, 0.6) is 5.75 Å². The number of anilines is 1. The van der Waals surface area contributed by atoms with Gasteiger partial charge in [-0.2, -0.15) is 0 Å². The summed E-state index contributed by atoms with van der Waals surface area (Å²) < 4.78 is 11.0. The molecule has 1 aromatic carbocycles. The van der Waals surface area contributed by atoms with E-state index in [0.717, 1.165) is 0 Å². The van der Waals surface area contributed by atoms with E-state index in [1.165, 1.54) is 0 Å². The van der Waals surface area contributed by atoms with Crippen LogP contribution >= 0.6 is 0 Å². The maximum atomic E-state index is 5.66. The van der Waals surface area contributed by atoms with Crippen LogP contribution in [0.1, 0.15) is 32.6 Å². The Kier molecular flexibility index (Phi) is 3.23. The van der Waals surface area contributed by atoms with Crippen molar-refractivity contribution in [1.29, 1.82) is 0 Å². The van der Waals surface area contributed by atoms with Gasteiger partial charge in [0.05, 0.1) is 0 Å². The highest BCUT2D eigenvalue weighted by Gasteiger charge is 2.21. The lowest BCUT2D eigenvalue weighted by molar-refractivity contribution is 0.251. The van der Waals surface area contributed by atoms with Crippen LogP contribution in [0.15, 0.2) is 28.7 Å². The van der Waals surface area contributed by atoms with Crippen LogP contribution in [0.3, 0.4) is 0 Å². The molecule has 0 bridgehead atoms. The summed E-state index contributed by atoms with van der Waals surface area (Å²) in [5.74, 6) is 1.75. The number of nitrogen functional groups attached to an aromatic ring is 1. The molecule has 2 rings (SSSR count). The molecular formula is C13H17N3O2. The number of aromatic nitrogens is 2. The molecule has 0 atom stereocenters. The first-order chi connectivity index (χ1) is 8.45. The standard InChI is InChI=1S/C13H17N3O2/c1-13(2,3)12-16-15-11(18-12)8-17-10-6-4-5-9(14)7-10/h4-7H,8,14H2,1-3H3. The summed E-state index contributed by atoms with van der Waals surface area (Å²) >= 11 is 0. The number of nitrogens with two attached hydrogens (primary N) is 1. The zero-order valence-electron chi connectivity index (χ0n) is 10.8. The monoisotopic (exact) mass is 247 g/mol. The minimum absolute atomic E-state index is 0.150. The van der Waals surface area contributed by atoms with Crippen molar-refractivity contribution in [3.05, 3.63) is 36.0 Å². The lowest BCUT2D eigenvalue weighted by Crippen LogP contribution is -2.11. The molecule has 0 fully saturated rings. The second kappa shape index (κ2) is 4.68. The predicted molar refractivity (Wildman–Crippen MR) is 68.2 cm³/mol. The van der Waals surface area contributed by atoms with Gasteiger partial charge in [0.15, 0.2) is 6.61 Å². The first kappa shape index (κ1) is 12.4. The Hall–Kier alpha value is -2.04. The summed E-state index contributed by atoms with van der Waals surface area (Å²) in [6.45, 7) is 6.29. The topological polar surface area (TPSA) is 74.2 Å². The zero-order chi connectivity index (χ0) is 13.2. The van der Waals surface area contributed by atoms with Crippen LogP contribution in [-0.4, -0.2) is 10.2 Å². The largest absolute Gasteiger partial charge is 0.484 e. The minimum Gasteiger partial charge on any atom is -0.484 e. The summed E-state index contributed by atoms with van der Waals surface area (Å²) in [5.41, 5.74) is 6.17. The van der Waals surface area contributed by atoms with Crippen LogP contribution in [0.25, 0.3) is 0 Å². The third-order valence-corrected chi connectivity index (χ3v) is 2.33. The summed E-state index contributed by atoms with van der Waals surface area (Å²) in [4.78, 5) is 0. The lowest BCUT2D eigenvalue weighted by Gasteiger charge is -2.11. The second-order valence-electron chi connectivity index (χ2n) is 5.11. The second-order valence-corrected chi connectivity index (χ2v) is 5.11. The fourth-order valence-electron chi connectivity index (χ4n) is 1.36. The van der Waals surface area contributed by atoms with Crippen LogP contribution in [-0.2, 0) is 12.0 Å². The summed E-state index contributed by atoms with van der Waals surface area (Å²) in [7, 11) is 0. The molecule has 0 aliphatic carbocycles. The Morgan fingerprint density at radius 3 is 2.67 bits per heavy atom. The van der Waals surface area contributed by atoms with Gasteiger partial charge < -0.3 is 14.9 Å². The van der Waals surface area contributed by atoms with Crippen molar-refractivity contribution in [2.75, 3.05) is 5.73 Å². The molecule has 2 N–H and O–H groups in total. The number of nitrogens with zero attached hydrogens (tertiary/aromatic N) is 2. The van der Waals surface area contributed by atoms with E-state index in [4.69, 9.17) is 14.9 Å². The Labute approximate surface area is 106 Å². The Balaban J connectivity index is 2.01. The SMILES string of the molecule is CC(C)(C)c1nnc(COc2cccc(N)c2)o1. The molecule has 1 aromatic heterocycles. The van der Waals surface area contributed by atoms with Crippen molar-refractivity contribution < 1.29 is 9.15 Å². The van der Waals surface area contributed by atoms with E-state index in [2.05, 4.69) is 10.2 Å². The first-order valence-electron chi connectivity index (χ1n) is 5.76. The zero-order valence-corrected chi connectivity index (χ0v) is 10.8. The van der Waals surface area contributed by atoms with Crippen molar-refractivity contribution in [3.8, 4) is 5.75 Å². The predicted octanol–water partition coefficient (Wildman–Crippen LogP) is 2.53. The van der Waals surface area contributed by atoms with E-state index < -0.39 is 0 Å². The number of hydrogen-bond donors (Lipinski definition) is 1. The molecule has 0 saturated heterocycles. The van der Waals surface area contributed by atoms with E-state index in [-0.39, 0.29) is 12.0 Å². The molecule has 0 spiro atoms. The number of ether oxygens (including phenoxy) is 1. The highest BCUT2D eigenvalue weighted by Crippen LogP contribution is 2.21. The van der Waals surface area contributed by atoms with Gasteiger partial charge in [-0.1, -0.05) is 26.8 Å². The van der Waals surface area contributed by atoms with Crippen LogP contribution in [0, 0.1) is 0 Å². The maximum Gasteiger partial charge on any atom is 0.253 e. The van der Waals surface area contributed by atoms with Crippen LogP contribution < -0.4 is 10.5 Å². The van der Waals surface area contributed by atoms with Crippen LogP contribution in [0.2, 0.25) is 0 Å². The normalized spacial score (nSPS) is 11.5. The van der Waals surface area contributed by atoms with E-state index in [1.807, 2.05) is 32.9 Å². The third kappa shape index (κ3) is 3.00. The van der Waals surface area contributed by atoms with Gasteiger partial charge in [-0.15, -0.1) is 10.2 Å². The van der Waals surface area contributed by atoms with Gasteiger partial charge in [-0.05, 0) is 12.1 Å². The highest BCUT2D eigenvalue weighted by atomic mass is 16.5. The first-order valence-corrected chi connectivity index (χ1v) is 5.76. The number of rotatable bonds is 3. The Bertz CT molecular complexity index is 529. The quantitative estimate of drug-likeness (QED) is 0.843. The van der Waals surface area contributed by atoms with E-state index in [1.54, 1.807) is 12.1 Å². The van der Waals surface area contributed by atoms with Gasteiger partial charge in [-0.3, -0.25) is 0 Å². The van der Waals surface area contributed by atoms with Gasteiger partial charge in [0.25, 0.3) is 5.89 Å². The number of hydrogen-bond acceptors (Lipinski definition) is 5. The Morgan fingerprint density at radius 2 is 2.06 bits per heavy atom. The molecule has 0 amide bonds. The van der Waals surface area contributed by atoms with Gasteiger partial charge in [0, 0.05) is 17.2 Å². The average molecular weight is 247 g/mol. The van der Waals surface area contributed by atoms with Crippen molar-refractivity contribution in [3.63, 3.8) is 0 Å². The van der Waals surface area contributed by atoms with Crippen molar-refractivity contribution in [2.45, 2.75) is 32.8 Å². The van der Waals surface area contributed by atoms with Gasteiger partial charge in [0.2, 0.25) is 5.89 Å². The lowest BCUT2D eigenvalue weighted by atomic mass is 9.97. The summed E-state index contributed by atoms with van der Waals surface area (Å²) in [5, 5.41) is 7.94. The van der Waals surface area contributed by atoms with Crippen LogP contribution in [0.4, 0.5) is 5.69 Å². The van der Waals surface area contributed by atoms with Crippen molar-refractivity contribution in [1.82, 2.24) is 10.2 Å². The molecule has 0 aliphatic heterocycles. The average Bonchev–Trinajstić information content (AvgIpc) is 2.74. The molecule has 0 saturated carbocycles. The molecular weight excluding hydrogens is 230 g/mol. The highest BCUT2D eigenvalue weighted by molar-refractivity contribution is 5.43. The third-order valence-electron chi connectivity index (χ3n) is 2.33. The fraction of sp³-hybridized carbons (Fsp3) is 0.385. The van der Waals surface area contributed by atoms with E-state index in [9.17, 15) is 0 Å². The Morgan fingerprint density at radius 1 is 1.28 bits per heavy atom. The maximum absolute atomic E-state index is 5.66. The fourth-order valence-corrected chi connectivity index (χ4v) is 1.36. The molecule has 1 heterocycles. The molecule has 0 unspecified atom stereocenters. The number of benzene rings is 1. The molecule has 96 valence electrons. The van der Waals surface area contributed by atoms with Gasteiger partial charge in [-0.25, -0.2) is 0 Å². The van der Waals surface area contributed by atoms with E-state index in [0.29, 0.717) is 23.2 Å². The van der Waals surface area contributed by atoms with Gasteiger partial charge in [0.1, 0.15) is 5.75 Å². The molecule has 0 aliphatic rings. The van der Waals surface area contributed by atoms with Gasteiger partial charge >= 0.3 is 0 Å². The smallest absolute Gasteiger partial charge is 0.253 e. The molecule has 5 heteroatoms. The van der Waals surface area contributed by atoms with Crippen molar-refractivity contribution in [2.24, 2.45) is 0 Å². The molecule has 2 aromatic rings. The summed E-state index contributed by atoms with van der Waals surface area (Å²) in [6, 6.07) is 7.22. The minimum atomic E-state index is -0.150.